The first kappa shape index (κ1) is 22.4. The molecule has 0 aliphatic carbocycles. The van der Waals surface area contributed by atoms with Crippen molar-refractivity contribution in [3.8, 4) is 5.75 Å². The van der Waals surface area contributed by atoms with Crippen LogP contribution in [0.3, 0.4) is 0 Å². The maximum atomic E-state index is 13.1. The van der Waals surface area contributed by atoms with Gasteiger partial charge in [0.25, 0.3) is 5.56 Å². The standard InChI is InChI=1S/C24H18Br2FN3O2/c1-2-23-29-21-9-5-18(26)12-20(21)24(31)30(23)28-13-16-11-17(25)6-10-22(16)32-14-15-3-7-19(27)8-4-15/h3-13H,2,14H2,1H3. The van der Waals surface area contributed by atoms with Gasteiger partial charge in [-0.15, -0.1) is 0 Å². The van der Waals surface area contributed by atoms with Crippen LogP contribution in [0.4, 0.5) is 4.39 Å². The van der Waals surface area contributed by atoms with E-state index in [1.165, 1.54) is 16.8 Å². The Balaban J connectivity index is 1.69. The Morgan fingerprint density at radius 2 is 1.78 bits per heavy atom. The minimum atomic E-state index is -0.293. The van der Waals surface area contributed by atoms with Gasteiger partial charge in [0.05, 0.1) is 17.1 Å². The van der Waals surface area contributed by atoms with E-state index < -0.39 is 0 Å². The molecule has 1 aromatic heterocycles. The molecule has 0 amide bonds. The summed E-state index contributed by atoms with van der Waals surface area (Å²) in [4.78, 5) is 17.7. The molecule has 8 heteroatoms. The molecular formula is C24H18Br2FN3O2. The number of fused-ring (bicyclic) bond motifs is 1. The van der Waals surface area contributed by atoms with Crippen LogP contribution in [0.1, 0.15) is 23.9 Å². The van der Waals surface area contributed by atoms with E-state index >= 15 is 0 Å². The summed E-state index contributed by atoms with van der Waals surface area (Å²) < 4.78 is 22.0. The molecule has 0 spiro atoms. The lowest BCUT2D eigenvalue weighted by Gasteiger charge is -2.11. The first-order chi connectivity index (χ1) is 15.4. The van der Waals surface area contributed by atoms with Crippen molar-refractivity contribution in [2.45, 2.75) is 20.0 Å². The molecule has 0 radical (unpaired) electrons. The molecule has 5 nitrogen and oxygen atoms in total. The summed E-state index contributed by atoms with van der Waals surface area (Å²) in [6.45, 7) is 2.20. The predicted octanol–water partition coefficient (Wildman–Crippen LogP) is 6.08. The summed E-state index contributed by atoms with van der Waals surface area (Å²) in [6.07, 6.45) is 2.13. The number of ether oxygens (including phenoxy) is 1. The number of hydrogen-bond donors (Lipinski definition) is 0. The van der Waals surface area contributed by atoms with Gasteiger partial charge >= 0.3 is 0 Å². The summed E-state index contributed by atoms with van der Waals surface area (Å²) in [5, 5.41) is 4.93. The largest absolute Gasteiger partial charge is 0.488 e. The molecule has 3 aromatic carbocycles. The van der Waals surface area contributed by atoms with Crippen molar-refractivity contribution in [1.29, 1.82) is 0 Å². The Labute approximate surface area is 200 Å². The molecule has 4 aromatic rings. The van der Waals surface area contributed by atoms with E-state index in [2.05, 4.69) is 41.9 Å². The third-order valence-corrected chi connectivity index (χ3v) is 5.77. The minimum Gasteiger partial charge on any atom is -0.488 e. The maximum absolute atomic E-state index is 13.1. The molecule has 0 atom stereocenters. The lowest BCUT2D eigenvalue weighted by atomic mass is 10.2. The summed E-state index contributed by atoms with van der Waals surface area (Å²) in [7, 11) is 0. The number of benzene rings is 3. The normalized spacial score (nSPS) is 11.4. The second-order valence-corrected chi connectivity index (χ2v) is 8.83. The van der Waals surface area contributed by atoms with Gasteiger partial charge in [-0.25, -0.2) is 9.37 Å². The molecule has 0 aliphatic heterocycles. The molecule has 0 saturated heterocycles. The van der Waals surface area contributed by atoms with Crippen molar-refractivity contribution in [1.82, 2.24) is 9.66 Å². The summed E-state index contributed by atoms with van der Waals surface area (Å²) in [5.74, 6) is 0.854. The average Bonchev–Trinajstić information content (AvgIpc) is 2.79. The molecule has 0 saturated carbocycles. The van der Waals surface area contributed by atoms with Crippen LogP contribution in [-0.2, 0) is 13.0 Å². The van der Waals surface area contributed by atoms with Crippen LogP contribution in [0.25, 0.3) is 10.9 Å². The topological polar surface area (TPSA) is 56.5 Å². The second kappa shape index (κ2) is 9.75. The van der Waals surface area contributed by atoms with E-state index in [-0.39, 0.29) is 18.0 Å². The number of nitrogens with zero attached hydrogens (tertiary/aromatic N) is 3. The van der Waals surface area contributed by atoms with Gasteiger partial charge in [0.1, 0.15) is 24.0 Å². The maximum Gasteiger partial charge on any atom is 0.282 e. The van der Waals surface area contributed by atoms with Crippen LogP contribution in [0.15, 0.2) is 79.5 Å². The van der Waals surface area contributed by atoms with E-state index in [0.29, 0.717) is 34.5 Å². The van der Waals surface area contributed by atoms with Gasteiger partial charge in [0.15, 0.2) is 0 Å². The van der Waals surface area contributed by atoms with Crippen LogP contribution in [0, 0.1) is 5.82 Å². The van der Waals surface area contributed by atoms with E-state index in [1.807, 2.05) is 37.3 Å². The SMILES string of the molecule is CCc1nc2ccc(Br)cc2c(=O)n1N=Cc1cc(Br)ccc1OCc1ccc(F)cc1. The number of aromatic nitrogens is 2. The van der Waals surface area contributed by atoms with Gasteiger partial charge in [-0.3, -0.25) is 4.79 Å². The van der Waals surface area contributed by atoms with Crippen LogP contribution in [0.2, 0.25) is 0 Å². The highest BCUT2D eigenvalue weighted by Gasteiger charge is 2.10. The van der Waals surface area contributed by atoms with Gasteiger partial charge in [-0.05, 0) is 54.1 Å². The Bertz CT molecular complexity index is 1370. The number of hydrogen-bond acceptors (Lipinski definition) is 4. The number of rotatable bonds is 6. The monoisotopic (exact) mass is 557 g/mol. The molecule has 0 unspecified atom stereocenters. The first-order valence-electron chi connectivity index (χ1n) is 9.87. The summed E-state index contributed by atoms with van der Waals surface area (Å²) >= 11 is 6.87. The van der Waals surface area contributed by atoms with Gasteiger partial charge in [-0.2, -0.15) is 9.78 Å². The minimum absolute atomic E-state index is 0.242. The Hall–Kier alpha value is -2.84. The van der Waals surface area contributed by atoms with Crippen LogP contribution in [-0.4, -0.2) is 15.9 Å². The van der Waals surface area contributed by atoms with Crippen molar-refractivity contribution >= 4 is 49.0 Å². The molecule has 0 N–H and O–H groups in total. The first-order valence-corrected chi connectivity index (χ1v) is 11.5. The zero-order chi connectivity index (χ0) is 22.7. The fourth-order valence-electron chi connectivity index (χ4n) is 3.16. The molecule has 0 bridgehead atoms. The van der Waals surface area contributed by atoms with E-state index in [0.717, 1.165) is 14.5 Å². The van der Waals surface area contributed by atoms with Gasteiger partial charge in [-0.1, -0.05) is 50.9 Å². The lowest BCUT2D eigenvalue weighted by molar-refractivity contribution is 0.305. The third-order valence-electron chi connectivity index (χ3n) is 4.78. The number of aryl methyl sites for hydroxylation is 1. The zero-order valence-electron chi connectivity index (χ0n) is 17.1. The highest BCUT2D eigenvalue weighted by Crippen LogP contribution is 2.23. The Kier molecular flexibility index (Phi) is 6.81. The van der Waals surface area contributed by atoms with E-state index in [1.54, 1.807) is 24.4 Å². The van der Waals surface area contributed by atoms with E-state index in [4.69, 9.17) is 4.74 Å². The smallest absolute Gasteiger partial charge is 0.282 e. The molecule has 4 rings (SSSR count). The summed E-state index contributed by atoms with van der Waals surface area (Å²) in [5.41, 5.74) is 1.91. The van der Waals surface area contributed by atoms with Crippen molar-refractivity contribution in [3.63, 3.8) is 0 Å². The zero-order valence-corrected chi connectivity index (χ0v) is 20.2. The third kappa shape index (κ3) is 4.97. The van der Waals surface area contributed by atoms with Gasteiger partial charge < -0.3 is 4.74 Å². The molecule has 162 valence electrons. The molecule has 0 aliphatic rings. The Morgan fingerprint density at radius 3 is 2.53 bits per heavy atom. The van der Waals surface area contributed by atoms with Gasteiger partial charge in [0.2, 0.25) is 0 Å². The summed E-state index contributed by atoms with van der Waals surface area (Å²) in [6, 6.07) is 17.1. The fraction of sp³-hybridized carbons (Fsp3) is 0.125. The molecular weight excluding hydrogens is 541 g/mol. The van der Waals surface area contributed by atoms with Crippen molar-refractivity contribution < 1.29 is 9.13 Å². The van der Waals surface area contributed by atoms with Crippen molar-refractivity contribution in [3.05, 3.63) is 103 Å². The van der Waals surface area contributed by atoms with Crippen LogP contribution < -0.4 is 10.3 Å². The number of halogens is 3. The highest BCUT2D eigenvalue weighted by atomic mass is 79.9. The molecule has 0 fully saturated rings. The molecule has 1 heterocycles. The highest BCUT2D eigenvalue weighted by molar-refractivity contribution is 9.10. The quantitative estimate of drug-likeness (QED) is 0.269. The van der Waals surface area contributed by atoms with Crippen molar-refractivity contribution in [2.75, 3.05) is 0 Å². The van der Waals surface area contributed by atoms with Crippen LogP contribution in [0.5, 0.6) is 5.75 Å². The van der Waals surface area contributed by atoms with Crippen LogP contribution >= 0.6 is 31.9 Å². The lowest BCUT2D eigenvalue weighted by Crippen LogP contribution is -2.22. The molecule has 32 heavy (non-hydrogen) atoms. The Morgan fingerprint density at radius 1 is 1.06 bits per heavy atom. The van der Waals surface area contributed by atoms with E-state index in [9.17, 15) is 9.18 Å². The van der Waals surface area contributed by atoms with Crippen molar-refractivity contribution in [2.24, 2.45) is 5.10 Å². The van der Waals surface area contributed by atoms with Gasteiger partial charge in [0, 0.05) is 20.9 Å². The average molecular weight is 559 g/mol. The second-order valence-electron chi connectivity index (χ2n) is 7.00. The predicted molar refractivity (Wildman–Crippen MR) is 131 cm³/mol. The fourth-order valence-corrected chi connectivity index (χ4v) is 3.90.